The molecule has 1 atom stereocenters. The zero-order valence-corrected chi connectivity index (χ0v) is 12.7. The van der Waals surface area contributed by atoms with Crippen LogP contribution in [0.3, 0.4) is 0 Å². The highest BCUT2D eigenvalue weighted by Gasteiger charge is 2.20. The van der Waals surface area contributed by atoms with Crippen LogP contribution < -0.4 is 5.32 Å². The molecule has 0 aliphatic rings. The van der Waals surface area contributed by atoms with Crippen LogP contribution in [0, 0.1) is 16.0 Å². The van der Waals surface area contributed by atoms with Crippen LogP contribution in [-0.4, -0.2) is 28.5 Å². The molecule has 120 valence electrons. The maximum absolute atomic E-state index is 12.0. The number of benzene rings is 1. The van der Waals surface area contributed by atoms with Crippen LogP contribution in [0.2, 0.25) is 0 Å². The van der Waals surface area contributed by atoms with Crippen molar-refractivity contribution in [1.82, 2.24) is 5.32 Å². The van der Waals surface area contributed by atoms with Crippen molar-refractivity contribution in [2.75, 3.05) is 6.54 Å². The number of hydrogen-bond donors (Lipinski definition) is 2. The third-order valence-corrected chi connectivity index (χ3v) is 3.42. The van der Waals surface area contributed by atoms with Gasteiger partial charge in [-0.25, -0.2) is 0 Å². The Morgan fingerprint density at radius 2 is 2.05 bits per heavy atom. The first-order valence-electron chi connectivity index (χ1n) is 7.19. The lowest BCUT2D eigenvalue weighted by Crippen LogP contribution is -2.33. The first-order chi connectivity index (χ1) is 10.4. The Hall–Kier alpha value is -2.44. The minimum absolute atomic E-state index is 0.00529. The number of carbonyl (C=O) groups excluding carboxylic acids is 1. The smallest absolute Gasteiger partial charge is 0.308 e. The maximum atomic E-state index is 12.0. The summed E-state index contributed by atoms with van der Waals surface area (Å²) in [7, 11) is 0. The van der Waals surface area contributed by atoms with Crippen LogP contribution in [0.5, 0.6) is 0 Å². The van der Waals surface area contributed by atoms with Crippen molar-refractivity contribution >= 4 is 17.6 Å². The average molecular weight is 308 g/mol. The summed E-state index contributed by atoms with van der Waals surface area (Å²) >= 11 is 0. The van der Waals surface area contributed by atoms with Gasteiger partial charge in [-0.2, -0.15) is 0 Å². The minimum atomic E-state index is -0.963. The number of hydrogen-bond acceptors (Lipinski definition) is 4. The molecule has 1 unspecified atom stereocenters. The number of nitro groups is 1. The second-order valence-corrected chi connectivity index (χ2v) is 4.99. The molecule has 22 heavy (non-hydrogen) atoms. The van der Waals surface area contributed by atoms with E-state index in [0.29, 0.717) is 24.8 Å². The highest BCUT2D eigenvalue weighted by molar-refractivity contribution is 5.95. The Bertz CT molecular complexity index is 571. The van der Waals surface area contributed by atoms with Crippen molar-refractivity contribution in [3.05, 3.63) is 39.4 Å². The Balaban J connectivity index is 2.83. The van der Waals surface area contributed by atoms with Crippen LogP contribution >= 0.6 is 0 Å². The van der Waals surface area contributed by atoms with Gasteiger partial charge in [0.25, 0.3) is 11.6 Å². The van der Waals surface area contributed by atoms with E-state index in [2.05, 4.69) is 5.32 Å². The molecule has 0 spiro atoms. The molecule has 0 aromatic heterocycles. The summed E-state index contributed by atoms with van der Waals surface area (Å²) in [5.41, 5.74) is 0.610. The van der Waals surface area contributed by atoms with E-state index < -0.39 is 22.7 Å². The van der Waals surface area contributed by atoms with E-state index in [1.807, 2.05) is 6.92 Å². The molecule has 1 amide bonds. The largest absolute Gasteiger partial charge is 0.481 e. The van der Waals surface area contributed by atoms with E-state index in [9.17, 15) is 19.7 Å². The molecular weight excluding hydrogens is 288 g/mol. The van der Waals surface area contributed by atoms with Gasteiger partial charge < -0.3 is 10.4 Å². The first kappa shape index (κ1) is 17.6. The highest BCUT2D eigenvalue weighted by atomic mass is 16.6. The van der Waals surface area contributed by atoms with Crippen molar-refractivity contribution in [1.29, 1.82) is 0 Å². The van der Waals surface area contributed by atoms with E-state index in [-0.39, 0.29) is 17.8 Å². The van der Waals surface area contributed by atoms with Gasteiger partial charge in [-0.1, -0.05) is 26.3 Å². The van der Waals surface area contributed by atoms with Crippen LogP contribution in [0.1, 0.15) is 42.6 Å². The van der Waals surface area contributed by atoms with Crippen molar-refractivity contribution in [3.8, 4) is 0 Å². The second-order valence-electron chi connectivity index (χ2n) is 4.99. The summed E-state index contributed by atoms with van der Waals surface area (Å²) < 4.78 is 0. The summed E-state index contributed by atoms with van der Waals surface area (Å²) in [5, 5.41) is 22.6. The number of carboxylic acids is 1. The summed E-state index contributed by atoms with van der Waals surface area (Å²) in [6.07, 6.45) is 1.66. The molecule has 1 aromatic rings. The number of aliphatic carboxylic acids is 1. The van der Waals surface area contributed by atoms with Gasteiger partial charge >= 0.3 is 5.97 Å². The van der Waals surface area contributed by atoms with E-state index in [1.165, 1.54) is 12.1 Å². The van der Waals surface area contributed by atoms with Crippen LogP contribution in [0.25, 0.3) is 0 Å². The lowest BCUT2D eigenvalue weighted by molar-refractivity contribution is -0.385. The van der Waals surface area contributed by atoms with E-state index in [4.69, 9.17) is 5.11 Å². The fourth-order valence-electron chi connectivity index (χ4n) is 2.15. The number of amides is 1. The van der Waals surface area contributed by atoms with Crippen LogP contribution in [0.4, 0.5) is 5.69 Å². The summed E-state index contributed by atoms with van der Waals surface area (Å²) in [6.45, 7) is 3.67. The highest BCUT2D eigenvalue weighted by Crippen LogP contribution is 2.21. The molecule has 0 heterocycles. The molecule has 1 rings (SSSR count). The van der Waals surface area contributed by atoms with Gasteiger partial charge in [0.2, 0.25) is 0 Å². The third-order valence-electron chi connectivity index (χ3n) is 3.42. The number of nitro benzene ring substituents is 1. The Kier molecular flexibility index (Phi) is 6.49. The molecule has 0 aliphatic heterocycles. The van der Waals surface area contributed by atoms with Crippen molar-refractivity contribution in [2.24, 2.45) is 5.92 Å². The second kappa shape index (κ2) is 8.11. The molecule has 0 fully saturated rings. The van der Waals surface area contributed by atoms with E-state index in [0.717, 1.165) is 0 Å². The minimum Gasteiger partial charge on any atom is -0.481 e. The number of aryl methyl sites for hydroxylation is 1. The molecule has 7 nitrogen and oxygen atoms in total. The van der Waals surface area contributed by atoms with Gasteiger partial charge in [0.1, 0.15) is 0 Å². The van der Waals surface area contributed by atoms with Crippen molar-refractivity contribution in [2.45, 2.75) is 33.1 Å². The fourth-order valence-corrected chi connectivity index (χ4v) is 2.15. The van der Waals surface area contributed by atoms with E-state index in [1.54, 1.807) is 13.0 Å². The monoisotopic (exact) mass is 308 g/mol. The number of nitrogens with zero attached hydrogens (tertiary/aromatic N) is 1. The summed E-state index contributed by atoms with van der Waals surface area (Å²) in [6, 6.07) is 4.29. The standard InChI is InChI=1S/C15H20N2O5/c1-3-5-12(15(19)20)9-16-14(18)11-7-6-10(4-2)13(8-11)17(21)22/h6-8,12H,3-5,9H2,1-2H3,(H,16,18)(H,19,20). The topological polar surface area (TPSA) is 110 Å². The zero-order chi connectivity index (χ0) is 16.7. The van der Waals surface area contributed by atoms with Gasteiger partial charge in [-0.15, -0.1) is 0 Å². The SMILES string of the molecule is CCCC(CNC(=O)c1ccc(CC)c([N+](=O)[O-])c1)C(=O)O. The first-order valence-corrected chi connectivity index (χ1v) is 7.19. The molecule has 1 aromatic carbocycles. The van der Waals surface area contributed by atoms with Gasteiger partial charge in [0.15, 0.2) is 0 Å². The summed E-state index contributed by atoms with van der Waals surface area (Å²) in [5.74, 6) is -2.12. The number of carboxylic acid groups (broad SMARTS) is 1. The normalized spacial score (nSPS) is 11.7. The fraction of sp³-hybridized carbons (Fsp3) is 0.467. The molecule has 0 saturated heterocycles. The van der Waals surface area contributed by atoms with Gasteiger partial charge in [0.05, 0.1) is 10.8 Å². The quantitative estimate of drug-likeness (QED) is 0.566. The Morgan fingerprint density at radius 3 is 2.55 bits per heavy atom. The molecular formula is C15H20N2O5. The molecule has 0 saturated carbocycles. The van der Waals surface area contributed by atoms with Crippen LogP contribution in [-0.2, 0) is 11.2 Å². The average Bonchev–Trinajstić information content (AvgIpc) is 2.49. The number of carbonyl (C=O) groups is 2. The maximum Gasteiger partial charge on any atom is 0.308 e. The molecule has 0 bridgehead atoms. The number of nitrogens with one attached hydrogen (secondary N) is 1. The zero-order valence-electron chi connectivity index (χ0n) is 12.7. The van der Waals surface area contributed by atoms with E-state index >= 15 is 0 Å². The number of rotatable bonds is 8. The predicted octanol–water partition coefficient (Wildman–Crippen LogP) is 2.39. The molecule has 7 heteroatoms. The van der Waals surface area contributed by atoms with Gasteiger partial charge in [-0.05, 0) is 18.9 Å². The lowest BCUT2D eigenvalue weighted by Gasteiger charge is -2.12. The predicted molar refractivity (Wildman–Crippen MR) is 80.8 cm³/mol. The van der Waals surface area contributed by atoms with Crippen LogP contribution in [0.15, 0.2) is 18.2 Å². The molecule has 0 aliphatic carbocycles. The van der Waals surface area contributed by atoms with Crippen molar-refractivity contribution < 1.29 is 19.6 Å². The molecule has 0 radical (unpaired) electrons. The van der Waals surface area contributed by atoms with Crippen molar-refractivity contribution in [3.63, 3.8) is 0 Å². The van der Waals surface area contributed by atoms with Gasteiger partial charge in [0, 0.05) is 23.7 Å². The Morgan fingerprint density at radius 1 is 1.36 bits per heavy atom. The lowest BCUT2D eigenvalue weighted by atomic mass is 10.0. The summed E-state index contributed by atoms with van der Waals surface area (Å²) in [4.78, 5) is 33.5. The van der Waals surface area contributed by atoms with Gasteiger partial charge in [-0.3, -0.25) is 19.7 Å². The Labute approximate surface area is 128 Å². The third kappa shape index (κ3) is 4.54. The molecule has 2 N–H and O–H groups in total.